The van der Waals surface area contributed by atoms with Gasteiger partial charge in [-0.15, -0.1) is 0 Å². The van der Waals surface area contributed by atoms with Crippen molar-refractivity contribution < 1.29 is 24.2 Å². The molecule has 1 spiro atoms. The lowest BCUT2D eigenvalue weighted by molar-refractivity contribution is -0.144. The average molecular weight is 548 g/mol. The van der Waals surface area contributed by atoms with Gasteiger partial charge in [0.2, 0.25) is 11.8 Å². The number of rotatable bonds is 5. The van der Waals surface area contributed by atoms with Gasteiger partial charge < -0.3 is 24.5 Å². The van der Waals surface area contributed by atoms with Crippen molar-refractivity contribution >= 4 is 40.7 Å². The monoisotopic (exact) mass is 547 g/mol. The van der Waals surface area contributed by atoms with Crippen LogP contribution in [-0.4, -0.2) is 71.2 Å². The molecule has 1 unspecified atom stereocenters. The molecule has 202 valence electrons. The number of hydrogen-bond acceptors (Lipinski definition) is 5. The molecule has 9 heteroatoms. The highest BCUT2D eigenvalue weighted by atomic mass is 35.5. The van der Waals surface area contributed by atoms with E-state index < -0.39 is 35.6 Å². The van der Waals surface area contributed by atoms with Crippen LogP contribution in [0.3, 0.4) is 0 Å². The molecule has 2 saturated heterocycles. The number of anilines is 2. The van der Waals surface area contributed by atoms with E-state index in [-0.39, 0.29) is 30.9 Å². The molecular formula is C30H30ClN3O5. The van der Waals surface area contributed by atoms with Gasteiger partial charge >= 0.3 is 0 Å². The summed E-state index contributed by atoms with van der Waals surface area (Å²) in [7, 11) is 0. The van der Waals surface area contributed by atoms with Crippen LogP contribution >= 0.6 is 11.6 Å². The molecular weight excluding hydrogens is 518 g/mol. The van der Waals surface area contributed by atoms with Gasteiger partial charge in [0, 0.05) is 29.5 Å². The summed E-state index contributed by atoms with van der Waals surface area (Å²) in [6.07, 6.45) is 7.15. The Labute approximate surface area is 232 Å². The normalized spacial score (nSPS) is 30.6. The summed E-state index contributed by atoms with van der Waals surface area (Å²) in [6, 6.07) is 14.6. The number of carbonyl (C=O) groups excluding carboxylic acids is 3. The Morgan fingerprint density at radius 3 is 2.31 bits per heavy atom. The maximum absolute atomic E-state index is 14.4. The predicted molar refractivity (Wildman–Crippen MR) is 147 cm³/mol. The summed E-state index contributed by atoms with van der Waals surface area (Å²) in [4.78, 5) is 47.6. The zero-order valence-corrected chi connectivity index (χ0v) is 22.3. The van der Waals surface area contributed by atoms with Crippen molar-refractivity contribution in [1.82, 2.24) is 4.90 Å². The summed E-state index contributed by atoms with van der Waals surface area (Å²) < 4.78 is 6.68. The number of ether oxygens (including phenoxy) is 1. The standard InChI is InChI=1S/C30H30ClN3O5/c1-2-20(18-35)34-26-29(38)33(22-13-11-19(31)12-14-22)17-7-15-30(26)25(28(34)37)24-23(39-30)10-6-16-32(27(24)36)21-8-4-3-5-9-21/h3-15,20,23-26,35H,2,16-18H2,1H3/t20-,23+,24-,25-,26?,30-/m0/s1. The van der Waals surface area contributed by atoms with Crippen LogP contribution in [0.4, 0.5) is 11.4 Å². The molecule has 4 aliphatic rings. The van der Waals surface area contributed by atoms with E-state index in [0.29, 0.717) is 23.7 Å². The number of fused-ring (bicyclic) bond motifs is 2. The molecule has 0 aliphatic carbocycles. The van der Waals surface area contributed by atoms with E-state index in [4.69, 9.17) is 16.3 Å². The van der Waals surface area contributed by atoms with Crippen LogP contribution in [0.25, 0.3) is 0 Å². The lowest BCUT2D eigenvalue weighted by atomic mass is 9.77. The number of halogens is 1. The lowest BCUT2D eigenvalue weighted by Crippen LogP contribution is -2.58. The fourth-order valence-electron chi connectivity index (χ4n) is 6.58. The number of amides is 3. The van der Waals surface area contributed by atoms with Gasteiger partial charge in [0.1, 0.15) is 11.6 Å². The number of aliphatic hydroxyl groups is 1. The van der Waals surface area contributed by atoms with Crippen LogP contribution in [0, 0.1) is 11.8 Å². The van der Waals surface area contributed by atoms with E-state index in [1.165, 1.54) is 4.90 Å². The molecule has 6 rings (SSSR count). The first-order valence-electron chi connectivity index (χ1n) is 13.3. The second-order valence-electron chi connectivity index (χ2n) is 10.4. The van der Waals surface area contributed by atoms with Gasteiger partial charge in [-0.3, -0.25) is 14.4 Å². The third-order valence-corrected chi connectivity index (χ3v) is 8.63. The highest BCUT2D eigenvalue weighted by Gasteiger charge is 2.72. The Kier molecular flexibility index (Phi) is 6.57. The quantitative estimate of drug-likeness (QED) is 0.581. The summed E-state index contributed by atoms with van der Waals surface area (Å²) >= 11 is 6.09. The molecule has 8 nitrogen and oxygen atoms in total. The van der Waals surface area contributed by atoms with Crippen LogP contribution in [0.1, 0.15) is 13.3 Å². The van der Waals surface area contributed by atoms with Crippen molar-refractivity contribution in [3.63, 3.8) is 0 Å². The third kappa shape index (κ3) is 3.92. The fraction of sp³-hybridized carbons (Fsp3) is 0.367. The largest absolute Gasteiger partial charge is 0.394 e. The fourth-order valence-corrected chi connectivity index (χ4v) is 6.70. The maximum Gasteiger partial charge on any atom is 0.253 e. The van der Waals surface area contributed by atoms with E-state index >= 15 is 0 Å². The van der Waals surface area contributed by atoms with Crippen molar-refractivity contribution in [2.45, 2.75) is 37.1 Å². The van der Waals surface area contributed by atoms with Crippen LogP contribution in [0.15, 0.2) is 78.9 Å². The van der Waals surface area contributed by atoms with Gasteiger partial charge in [0.25, 0.3) is 5.91 Å². The summed E-state index contributed by atoms with van der Waals surface area (Å²) in [5.74, 6) is -2.62. The summed E-state index contributed by atoms with van der Waals surface area (Å²) in [6.45, 7) is 2.18. The Morgan fingerprint density at radius 2 is 1.62 bits per heavy atom. The number of likely N-dealkylation sites (tertiary alicyclic amines) is 1. The Bertz CT molecular complexity index is 1340. The molecule has 2 aromatic carbocycles. The number of para-hydroxylation sites is 1. The SMILES string of the molecule is CC[C@@H](CO)N1C(=O)[C@@H]2[C@H]3C(=O)N(c4ccccc4)CC=C[C@H]3O[C@@]23C=CCN(c2ccc(Cl)cc2)C(=O)C13. The Balaban J connectivity index is 1.46. The van der Waals surface area contributed by atoms with Crippen molar-refractivity contribution in [2.24, 2.45) is 11.8 Å². The van der Waals surface area contributed by atoms with E-state index in [0.717, 1.165) is 5.69 Å². The smallest absolute Gasteiger partial charge is 0.253 e. The molecule has 1 N–H and O–H groups in total. The third-order valence-electron chi connectivity index (χ3n) is 8.38. The van der Waals surface area contributed by atoms with Crippen LogP contribution in [0.2, 0.25) is 5.02 Å². The molecule has 0 radical (unpaired) electrons. The predicted octanol–water partition coefficient (Wildman–Crippen LogP) is 3.20. The van der Waals surface area contributed by atoms with Gasteiger partial charge in [0.15, 0.2) is 0 Å². The van der Waals surface area contributed by atoms with E-state index in [1.54, 1.807) is 40.1 Å². The van der Waals surface area contributed by atoms with E-state index in [1.807, 2.05) is 55.5 Å². The molecule has 0 saturated carbocycles. The van der Waals surface area contributed by atoms with E-state index in [9.17, 15) is 19.5 Å². The molecule has 3 amide bonds. The minimum atomic E-state index is -1.35. The van der Waals surface area contributed by atoms with Gasteiger partial charge in [-0.05, 0) is 42.8 Å². The van der Waals surface area contributed by atoms with Crippen LogP contribution in [0.5, 0.6) is 0 Å². The van der Waals surface area contributed by atoms with E-state index in [2.05, 4.69) is 0 Å². The van der Waals surface area contributed by atoms with Crippen molar-refractivity contribution in [3.05, 3.63) is 83.9 Å². The Morgan fingerprint density at radius 1 is 0.949 bits per heavy atom. The van der Waals surface area contributed by atoms with Crippen LogP contribution in [-0.2, 0) is 19.1 Å². The molecule has 6 atom stereocenters. The first kappa shape index (κ1) is 25.8. The second kappa shape index (κ2) is 9.93. The van der Waals surface area contributed by atoms with Gasteiger partial charge in [-0.25, -0.2) is 0 Å². The second-order valence-corrected chi connectivity index (χ2v) is 10.8. The van der Waals surface area contributed by atoms with Gasteiger partial charge in [-0.1, -0.05) is 61.0 Å². The first-order chi connectivity index (χ1) is 18.9. The highest BCUT2D eigenvalue weighted by Crippen LogP contribution is 2.54. The zero-order chi connectivity index (χ0) is 27.3. The van der Waals surface area contributed by atoms with Crippen molar-refractivity contribution in [1.29, 1.82) is 0 Å². The lowest BCUT2D eigenvalue weighted by Gasteiger charge is -2.38. The number of nitrogens with zero attached hydrogens (tertiary/aromatic N) is 3. The number of aliphatic hydroxyl groups excluding tert-OH is 1. The number of carbonyl (C=O) groups is 3. The minimum Gasteiger partial charge on any atom is -0.394 e. The molecule has 0 bridgehead atoms. The molecule has 2 fully saturated rings. The van der Waals surface area contributed by atoms with Crippen molar-refractivity contribution in [3.8, 4) is 0 Å². The topological polar surface area (TPSA) is 90.4 Å². The number of hydrogen-bond donors (Lipinski definition) is 1. The maximum atomic E-state index is 14.4. The molecule has 39 heavy (non-hydrogen) atoms. The molecule has 0 aromatic heterocycles. The van der Waals surface area contributed by atoms with Gasteiger partial charge in [-0.2, -0.15) is 0 Å². The highest BCUT2D eigenvalue weighted by molar-refractivity contribution is 6.30. The van der Waals surface area contributed by atoms with Crippen LogP contribution < -0.4 is 9.80 Å². The molecule has 4 heterocycles. The molecule has 2 aromatic rings. The average Bonchev–Trinajstić information content (AvgIpc) is 3.26. The zero-order valence-electron chi connectivity index (χ0n) is 21.5. The summed E-state index contributed by atoms with van der Waals surface area (Å²) in [5, 5.41) is 10.8. The minimum absolute atomic E-state index is 0.219. The summed E-state index contributed by atoms with van der Waals surface area (Å²) in [5.41, 5.74) is 0.0145. The molecule has 4 aliphatic heterocycles. The van der Waals surface area contributed by atoms with Crippen molar-refractivity contribution in [2.75, 3.05) is 29.5 Å². The van der Waals surface area contributed by atoms with Gasteiger partial charge in [0.05, 0.1) is 30.6 Å². The first-order valence-corrected chi connectivity index (χ1v) is 13.7. The Hall–Kier alpha value is -3.46. The number of benzene rings is 2.